The van der Waals surface area contributed by atoms with E-state index in [0.29, 0.717) is 0 Å². The predicted octanol–water partition coefficient (Wildman–Crippen LogP) is 0.927. The summed E-state index contributed by atoms with van der Waals surface area (Å²) in [6.45, 7) is 2.35. The second kappa shape index (κ2) is 3.40. The van der Waals surface area contributed by atoms with Gasteiger partial charge in [-0.05, 0) is 6.92 Å². The van der Waals surface area contributed by atoms with Crippen LogP contribution in [-0.2, 0) is 0 Å². The molecule has 3 atom stereocenters. The first kappa shape index (κ1) is 10.7. The second-order valence-corrected chi connectivity index (χ2v) is 2.59. The van der Waals surface area contributed by atoms with Crippen molar-refractivity contribution in [1.82, 2.24) is 0 Å². The van der Waals surface area contributed by atoms with Crippen molar-refractivity contribution in [3.05, 3.63) is 0 Å². The predicted molar refractivity (Wildman–Crippen MR) is 32.9 cm³/mol. The van der Waals surface area contributed by atoms with Crippen LogP contribution < -0.4 is 0 Å². The Hall–Kier alpha value is -0.290. The van der Waals surface area contributed by atoms with Gasteiger partial charge in [0.05, 0.1) is 6.10 Å². The van der Waals surface area contributed by atoms with Gasteiger partial charge >= 0.3 is 6.18 Å². The molecule has 0 aromatic carbocycles. The molecule has 11 heavy (non-hydrogen) atoms. The van der Waals surface area contributed by atoms with Gasteiger partial charge in [-0.25, -0.2) is 0 Å². The molecule has 0 aliphatic rings. The van der Waals surface area contributed by atoms with Crippen molar-refractivity contribution < 1.29 is 23.4 Å². The molecular formula is C6H11F3O2. The maximum absolute atomic E-state index is 11.7. The smallest absolute Gasteiger partial charge is 0.393 e. The molecule has 0 saturated carbocycles. The van der Waals surface area contributed by atoms with Crippen molar-refractivity contribution in [2.45, 2.75) is 32.2 Å². The fourth-order valence-electron chi connectivity index (χ4n) is 0.562. The van der Waals surface area contributed by atoms with Gasteiger partial charge in [-0.3, -0.25) is 0 Å². The number of halogens is 3. The van der Waals surface area contributed by atoms with E-state index < -0.39 is 24.3 Å². The molecule has 0 fully saturated rings. The Labute approximate surface area is 62.6 Å². The van der Waals surface area contributed by atoms with E-state index in [-0.39, 0.29) is 0 Å². The largest absolute Gasteiger partial charge is 0.414 e. The van der Waals surface area contributed by atoms with Crippen LogP contribution in [0.3, 0.4) is 0 Å². The first-order valence-corrected chi connectivity index (χ1v) is 3.19. The Morgan fingerprint density at radius 3 is 1.55 bits per heavy atom. The fraction of sp³-hybridized carbons (Fsp3) is 1.00. The van der Waals surface area contributed by atoms with Gasteiger partial charge in [0, 0.05) is 5.92 Å². The normalized spacial score (nSPS) is 21.0. The second-order valence-electron chi connectivity index (χ2n) is 2.59. The monoisotopic (exact) mass is 172 g/mol. The van der Waals surface area contributed by atoms with Gasteiger partial charge in [0.25, 0.3) is 0 Å². The lowest BCUT2D eigenvalue weighted by atomic mass is 9.99. The van der Waals surface area contributed by atoms with E-state index in [4.69, 9.17) is 10.2 Å². The summed E-state index contributed by atoms with van der Waals surface area (Å²) in [6, 6.07) is 0. The third-order valence-corrected chi connectivity index (χ3v) is 1.59. The molecule has 0 aromatic heterocycles. The molecular weight excluding hydrogens is 161 g/mol. The van der Waals surface area contributed by atoms with Gasteiger partial charge in [-0.15, -0.1) is 0 Å². The van der Waals surface area contributed by atoms with Crippen LogP contribution in [0.15, 0.2) is 0 Å². The van der Waals surface area contributed by atoms with E-state index in [1.54, 1.807) is 0 Å². The Balaban J connectivity index is 4.13. The first-order valence-electron chi connectivity index (χ1n) is 3.19. The van der Waals surface area contributed by atoms with Crippen LogP contribution in [-0.4, -0.2) is 28.6 Å². The van der Waals surface area contributed by atoms with Crippen molar-refractivity contribution in [3.63, 3.8) is 0 Å². The highest BCUT2D eigenvalue weighted by Crippen LogP contribution is 2.26. The quantitative estimate of drug-likeness (QED) is 0.650. The van der Waals surface area contributed by atoms with Crippen LogP contribution in [0.4, 0.5) is 13.2 Å². The summed E-state index contributed by atoms with van der Waals surface area (Å²) in [6.07, 6.45) is -8.25. The van der Waals surface area contributed by atoms with Crippen molar-refractivity contribution in [2.75, 3.05) is 0 Å². The number of rotatable bonds is 2. The van der Waals surface area contributed by atoms with Gasteiger partial charge in [-0.2, -0.15) is 13.2 Å². The van der Waals surface area contributed by atoms with E-state index in [2.05, 4.69) is 0 Å². The standard InChI is InChI=1S/C6H11F3O2/c1-3(4(2)10)5(11)6(7,8)9/h3-5,10-11H,1-2H3. The number of aliphatic hydroxyl groups excluding tert-OH is 2. The minimum absolute atomic E-state index is 1.14. The van der Waals surface area contributed by atoms with Gasteiger partial charge < -0.3 is 10.2 Å². The lowest BCUT2D eigenvalue weighted by Gasteiger charge is -2.23. The molecule has 0 aliphatic heterocycles. The maximum atomic E-state index is 11.7. The Kier molecular flexibility index (Phi) is 3.31. The Morgan fingerprint density at radius 1 is 1.09 bits per heavy atom. The molecule has 68 valence electrons. The highest BCUT2D eigenvalue weighted by molar-refractivity contribution is 4.75. The molecule has 5 heteroatoms. The molecule has 2 nitrogen and oxygen atoms in total. The Morgan fingerprint density at radius 2 is 1.45 bits per heavy atom. The van der Waals surface area contributed by atoms with E-state index in [1.165, 1.54) is 6.92 Å². The lowest BCUT2D eigenvalue weighted by molar-refractivity contribution is -0.225. The van der Waals surface area contributed by atoms with E-state index in [9.17, 15) is 13.2 Å². The zero-order valence-corrected chi connectivity index (χ0v) is 6.26. The summed E-state index contributed by atoms with van der Waals surface area (Å²) in [4.78, 5) is 0. The molecule has 2 N–H and O–H groups in total. The van der Waals surface area contributed by atoms with Crippen LogP contribution in [0.1, 0.15) is 13.8 Å². The third-order valence-electron chi connectivity index (χ3n) is 1.59. The summed E-state index contributed by atoms with van der Waals surface area (Å²) in [5, 5.41) is 17.2. The summed E-state index contributed by atoms with van der Waals surface area (Å²) < 4.78 is 35.1. The van der Waals surface area contributed by atoms with Gasteiger partial charge in [0.15, 0.2) is 6.10 Å². The minimum Gasteiger partial charge on any atom is -0.393 e. The zero-order chi connectivity index (χ0) is 9.23. The van der Waals surface area contributed by atoms with Gasteiger partial charge in [0.2, 0.25) is 0 Å². The summed E-state index contributed by atoms with van der Waals surface area (Å²) in [5.41, 5.74) is 0. The van der Waals surface area contributed by atoms with Crippen LogP contribution in [0.25, 0.3) is 0 Å². The van der Waals surface area contributed by atoms with Crippen molar-refractivity contribution in [3.8, 4) is 0 Å². The molecule has 0 aliphatic carbocycles. The highest BCUT2D eigenvalue weighted by atomic mass is 19.4. The molecule has 0 heterocycles. The van der Waals surface area contributed by atoms with Crippen LogP contribution in [0.2, 0.25) is 0 Å². The summed E-state index contributed by atoms with van der Waals surface area (Å²) >= 11 is 0. The van der Waals surface area contributed by atoms with Crippen LogP contribution >= 0.6 is 0 Å². The number of alkyl halides is 3. The first-order chi connectivity index (χ1) is 4.76. The molecule has 0 aromatic rings. The molecule has 3 unspecified atom stereocenters. The van der Waals surface area contributed by atoms with E-state index >= 15 is 0 Å². The molecule has 0 bridgehead atoms. The fourth-order valence-corrected chi connectivity index (χ4v) is 0.562. The average Bonchev–Trinajstić information content (AvgIpc) is 1.82. The minimum atomic E-state index is -4.64. The number of aliphatic hydroxyl groups is 2. The molecule has 0 amide bonds. The zero-order valence-electron chi connectivity index (χ0n) is 6.26. The average molecular weight is 172 g/mol. The topological polar surface area (TPSA) is 40.5 Å². The molecule has 0 spiro atoms. The molecule has 0 saturated heterocycles. The Bertz CT molecular complexity index is 121. The highest BCUT2D eigenvalue weighted by Gasteiger charge is 2.42. The van der Waals surface area contributed by atoms with Gasteiger partial charge in [-0.1, -0.05) is 6.92 Å². The van der Waals surface area contributed by atoms with Crippen molar-refractivity contribution >= 4 is 0 Å². The molecule has 0 radical (unpaired) electrons. The van der Waals surface area contributed by atoms with Gasteiger partial charge in [0.1, 0.15) is 0 Å². The summed E-state index contributed by atoms with van der Waals surface area (Å²) in [5.74, 6) is -1.19. The molecule has 0 rings (SSSR count). The van der Waals surface area contributed by atoms with Crippen molar-refractivity contribution in [1.29, 1.82) is 0 Å². The maximum Gasteiger partial charge on any atom is 0.414 e. The van der Waals surface area contributed by atoms with Crippen LogP contribution in [0, 0.1) is 5.92 Å². The lowest BCUT2D eigenvalue weighted by Crippen LogP contribution is -2.39. The number of hydrogen-bond acceptors (Lipinski definition) is 2. The third kappa shape index (κ3) is 3.07. The number of hydrogen-bond donors (Lipinski definition) is 2. The van der Waals surface area contributed by atoms with Crippen LogP contribution in [0.5, 0.6) is 0 Å². The summed E-state index contributed by atoms with van der Waals surface area (Å²) in [7, 11) is 0. The van der Waals surface area contributed by atoms with E-state index in [0.717, 1.165) is 6.92 Å². The SMILES string of the molecule is CC(O)C(C)C(O)C(F)(F)F. The van der Waals surface area contributed by atoms with Crippen molar-refractivity contribution in [2.24, 2.45) is 5.92 Å². The van der Waals surface area contributed by atoms with E-state index in [1.807, 2.05) is 0 Å².